The van der Waals surface area contributed by atoms with E-state index in [1.165, 1.54) is 0 Å². The van der Waals surface area contributed by atoms with Crippen molar-refractivity contribution in [1.29, 1.82) is 0 Å². The number of aliphatic hydroxyl groups excluding tert-OH is 1. The molecule has 0 saturated carbocycles. The van der Waals surface area contributed by atoms with E-state index in [4.69, 9.17) is 4.74 Å². The Kier molecular flexibility index (Phi) is 3.30. The Bertz CT molecular complexity index is 261. The molecular weight excluding hydrogens is 224 g/mol. The van der Waals surface area contributed by atoms with Crippen molar-refractivity contribution in [3.8, 4) is 0 Å². The van der Waals surface area contributed by atoms with E-state index in [0.717, 1.165) is 24.3 Å². The van der Waals surface area contributed by atoms with Gasteiger partial charge >= 0.3 is 0 Å². The molecule has 4 heteroatoms. The Hall–Kier alpha value is 0.230. The fourth-order valence-electron chi connectivity index (χ4n) is 2.95. The summed E-state index contributed by atoms with van der Waals surface area (Å²) in [4.78, 5) is 0. The largest absolute Gasteiger partial charge is 0.396 e. The third-order valence-electron chi connectivity index (χ3n) is 4.03. The summed E-state index contributed by atoms with van der Waals surface area (Å²) >= 11 is 1.84. The molecule has 0 spiro atoms. The molecular formula is C12H22O3S. The van der Waals surface area contributed by atoms with E-state index in [2.05, 4.69) is 0 Å². The Morgan fingerprint density at radius 2 is 2.12 bits per heavy atom. The van der Waals surface area contributed by atoms with E-state index in [9.17, 15) is 10.2 Å². The summed E-state index contributed by atoms with van der Waals surface area (Å²) in [7, 11) is 0. The molecule has 2 saturated heterocycles. The molecule has 2 aliphatic rings. The second-order valence-electron chi connectivity index (χ2n) is 5.85. The lowest BCUT2D eigenvalue weighted by Crippen LogP contribution is -2.54. The van der Waals surface area contributed by atoms with Crippen LogP contribution < -0.4 is 0 Å². The molecule has 0 radical (unpaired) electrons. The zero-order valence-corrected chi connectivity index (χ0v) is 11.0. The second kappa shape index (κ2) is 4.16. The molecule has 0 aromatic carbocycles. The summed E-state index contributed by atoms with van der Waals surface area (Å²) in [6.07, 6.45) is 2.61. The molecule has 2 N–H and O–H groups in total. The van der Waals surface area contributed by atoms with Crippen molar-refractivity contribution in [2.24, 2.45) is 5.41 Å². The lowest BCUT2D eigenvalue weighted by Gasteiger charge is -2.46. The van der Waals surface area contributed by atoms with Gasteiger partial charge in [-0.3, -0.25) is 0 Å². The molecule has 0 aliphatic carbocycles. The molecule has 94 valence electrons. The van der Waals surface area contributed by atoms with Crippen LogP contribution in [0.2, 0.25) is 0 Å². The maximum Gasteiger partial charge on any atom is 0.0993 e. The minimum Gasteiger partial charge on any atom is -0.396 e. The fraction of sp³-hybridized carbons (Fsp3) is 1.00. The minimum atomic E-state index is -0.849. The van der Waals surface area contributed by atoms with Crippen molar-refractivity contribution >= 4 is 11.8 Å². The van der Waals surface area contributed by atoms with Crippen LogP contribution in [0.5, 0.6) is 0 Å². The standard InChI is InChI=1S/C12H22O3S/c1-10(2)6-12(14,8-15-10)11(7-13)4-3-5-16-9-11/h13-14H,3-9H2,1-2H3. The maximum atomic E-state index is 10.8. The molecule has 2 unspecified atom stereocenters. The molecule has 2 fully saturated rings. The Morgan fingerprint density at radius 3 is 2.56 bits per heavy atom. The normalized spacial score (nSPS) is 43.5. The molecule has 0 aromatic heterocycles. The van der Waals surface area contributed by atoms with Gasteiger partial charge in [0.2, 0.25) is 0 Å². The van der Waals surface area contributed by atoms with Crippen LogP contribution in [-0.2, 0) is 4.74 Å². The van der Waals surface area contributed by atoms with Crippen LogP contribution in [0, 0.1) is 5.41 Å². The average molecular weight is 246 g/mol. The summed E-state index contributed by atoms with van der Waals surface area (Å²) in [5.74, 6) is 1.99. The summed E-state index contributed by atoms with van der Waals surface area (Å²) < 4.78 is 5.67. The second-order valence-corrected chi connectivity index (χ2v) is 6.96. The van der Waals surface area contributed by atoms with Crippen molar-refractivity contribution in [2.45, 2.75) is 44.3 Å². The van der Waals surface area contributed by atoms with E-state index < -0.39 is 5.60 Å². The number of ether oxygens (including phenoxy) is 1. The van der Waals surface area contributed by atoms with Gasteiger partial charge < -0.3 is 14.9 Å². The van der Waals surface area contributed by atoms with E-state index in [1.54, 1.807) is 0 Å². The van der Waals surface area contributed by atoms with Crippen molar-refractivity contribution in [3.05, 3.63) is 0 Å². The molecule has 0 aromatic rings. The molecule has 2 atom stereocenters. The molecule has 3 nitrogen and oxygen atoms in total. The summed E-state index contributed by atoms with van der Waals surface area (Å²) in [5, 5.41) is 20.5. The monoisotopic (exact) mass is 246 g/mol. The summed E-state index contributed by atoms with van der Waals surface area (Å²) in [6.45, 7) is 4.44. The predicted molar refractivity (Wildman–Crippen MR) is 65.7 cm³/mol. The van der Waals surface area contributed by atoms with Gasteiger partial charge in [-0.1, -0.05) is 0 Å². The van der Waals surface area contributed by atoms with E-state index in [1.807, 2.05) is 25.6 Å². The van der Waals surface area contributed by atoms with Gasteiger partial charge in [-0.15, -0.1) is 0 Å². The van der Waals surface area contributed by atoms with Gasteiger partial charge in [0.05, 0.1) is 24.4 Å². The van der Waals surface area contributed by atoms with Crippen molar-refractivity contribution < 1.29 is 14.9 Å². The Balaban J connectivity index is 2.20. The Labute approximate surface area is 102 Å². The zero-order chi connectivity index (χ0) is 11.9. The first-order valence-corrected chi connectivity index (χ1v) is 7.14. The minimum absolute atomic E-state index is 0.0654. The summed E-state index contributed by atoms with van der Waals surface area (Å²) in [5.41, 5.74) is -1.47. The highest BCUT2D eigenvalue weighted by molar-refractivity contribution is 7.99. The van der Waals surface area contributed by atoms with Crippen LogP contribution >= 0.6 is 11.8 Å². The van der Waals surface area contributed by atoms with Gasteiger partial charge in [-0.25, -0.2) is 0 Å². The lowest BCUT2D eigenvalue weighted by atomic mass is 9.68. The fourth-order valence-corrected chi connectivity index (χ4v) is 4.34. The Morgan fingerprint density at radius 1 is 1.38 bits per heavy atom. The highest BCUT2D eigenvalue weighted by Crippen LogP contribution is 2.50. The average Bonchev–Trinajstić information content (AvgIpc) is 2.55. The van der Waals surface area contributed by atoms with E-state index >= 15 is 0 Å². The zero-order valence-electron chi connectivity index (χ0n) is 10.2. The molecule has 16 heavy (non-hydrogen) atoms. The predicted octanol–water partition coefficient (Wildman–Crippen LogP) is 1.42. The number of hydrogen-bond acceptors (Lipinski definition) is 4. The van der Waals surface area contributed by atoms with Crippen LogP contribution in [0.4, 0.5) is 0 Å². The highest BCUT2D eigenvalue weighted by Gasteiger charge is 2.56. The van der Waals surface area contributed by atoms with Crippen molar-refractivity contribution in [2.75, 3.05) is 24.7 Å². The number of aliphatic hydroxyl groups is 2. The third-order valence-corrected chi connectivity index (χ3v) is 5.37. The summed E-state index contributed by atoms with van der Waals surface area (Å²) in [6, 6.07) is 0. The van der Waals surface area contributed by atoms with Gasteiger partial charge in [-0.2, -0.15) is 11.8 Å². The van der Waals surface area contributed by atoms with Gasteiger partial charge in [0.1, 0.15) is 0 Å². The quantitative estimate of drug-likeness (QED) is 0.774. The van der Waals surface area contributed by atoms with Crippen LogP contribution in [0.25, 0.3) is 0 Å². The van der Waals surface area contributed by atoms with Crippen LogP contribution in [0.1, 0.15) is 33.1 Å². The van der Waals surface area contributed by atoms with Gasteiger partial charge in [0.25, 0.3) is 0 Å². The molecule has 2 rings (SSSR count). The first kappa shape index (κ1) is 12.7. The maximum absolute atomic E-state index is 10.8. The van der Waals surface area contributed by atoms with Gasteiger partial charge in [0.15, 0.2) is 0 Å². The number of rotatable bonds is 2. The van der Waals surface area contributed by atoms with E-state index in [-0.39, 0.29) is 17.6 Å². The van der Waals surface area contributed by atoms with E-state index in [0.29, 0.717) is 13.0 Å². The van der Waals surface area contributed by atoms with Crippen molar-refractivity contribution in [1.82, 2.24) is 0 Å². The first-order chi connectivity index (χ1) is 7.43. The number of thioether (sulfide) groups is 1. The van der Waals surface area contributed by atoms with Crippen LogP contribution in [0.15, 0.2) is 0 Å². The SMILES string of the molecule is CC1(C)CC(O)(C2(CO)CCCSC2)CO1. The molecule has 0 bridgehead atoms. The molecule has 0 amide bonds. The topological polar surface area (TPSA) is 49.7 Å². The molecule has 2 aliphatic heterocycles. The molecule has 2 heterocycles. The third kappa shape index (κ3) is 2.01. The highest BCUT2D eigenvalue weighted by atomic mass is 32.2. The van der Waals surface area contributed by atoms with Crippen LogP contribution in [0.3, 0.4) is 0 Å². The smallest absolute Gasteiger partial charge is 0.0993 e. The number of hydrogen-bond donors (Lipinski definition) is 2. The first-order valence-electron chi connectivity index (χ1n) is 5.98. The van der Waals surface area contributed by atoms with Gasteiger partial charge in [0, 0.05) is 17.6 Å². The van der Waals surface area contributed by atoms with Crippen LogP contribution in [-0.4, -0.2) is 46.1 Å². The van der Waals surface area contributed by atoms with Crippen molar-refractivity contribution in [3.63, 3.8) is 0 Å². The lowest BCUT2D eigenvalue weighted by molar-refractivity contribution is -0.104. The van der Waals surface area contributed by atoms with Gasteiger partial charge in [-0.05, 0) is 32.4 Å².